The number of ether oxygens (including phenoxy) is 2. The summed E-state index contributed by atoms with van der Waals surface area (Å²) in [5, 5.41) is 30.7. The Morgan fingerprint density at radius 1 is 1.59 bits per heavy atom. The second kappa shape index (κ2) is 6.32. The van der Waals surface area contributed by atoms with Crippen molar-refractivity contribution in [1.82, 2.24) is 10.2 Å². The highest BCUT2D eigenvalue weighted by Crippen LogP contribution is 2.40. The minimum atomic E-state index is -2.62. The lowest BCUT2D eigenvalue weighted by atomic mass is 9.91. The molecule has 0 saturated carbocycles. The van der Waals surface area contributed by atoms with Crippen molar-refractivity contribution in [2.45, 2.75) is 43.2 Å². The SMILES string of the molecule is COC(=O)C[C@@]1(F)C(N2CCC(O)NC2=O)O[C@H](CO)[C@H]1O. The fourth-order valence-corrected chi connectivity index (χ4v) is 2.65. The van der Waals surface area contributed by atoms with E-state index in [1.165, 1.54) is 0 Å². The second-order valence-corrected chi connectivity index (χ2v) is 5.28. The average molecular weight is 322 g/mol. The molecule has 9 nitrogen and oxygen atoms in total. The molecule has 0 radical (unpaired) electrons. The topological polar surface area (TPSA) is 129 Å². The Morgan fingerprint density at radius 3 is 2.82 bits per heavy atom. The lowest BCUT2D eigenvalue weighted by Gasteiger charge is -2.39. The number of carbonyl (C=O) groups is 2. The molecule has 2 fully saturated rings. The van der Waals surface area contributed by atoms with Crippen LogP contribution < -0.4 is 5.32 Å². The van der Waals surface area contributed by atoms with E-state index in [1.54, 1.807) is 0 Å². The molecule has 126 valence electrons. The molecule has 0 aromatic heterocycles. The molecule has 2 aliphatic heterocycles. The highest BCUT2D eigenvalue weighted by Gasteiger charge is 2.61. The second-order valence-electron chi connectivity index (χ2n) is 5.28. The third-order valence-corrected chi connectivity index (χ3v) is 3.86. The van der Waals surface area contributed by atoms with Crippen molar-refractivity contribution in [3.63, 3.8) is 0 Å². The van der Waals surface area contributed by atoms with Crippen LogP contribution in [0.5, 0.6) is 0 Å². The van der Waals surface area contributed by atoms with Crippen LogP contribution in [0.25, 0.3) is 0 Å². The average Bonchev–Trinajstić information content (AvgIpc) is 2.71. The number of rotatable bonds is 4. The minimum Gasteiger partial charge on any atom is -0.469 e. The maximum Gasteiger partial charge on any atom is 0.321 e. The number of esters is 1. The van der Waals surface area contributed by atoms with Crippen molar-refractivity contribution < 1.29 is 38.8 Å². The highest BCUT2D eigenvalue weighted by atomic mass is 19.1. The van der Waals surface area contributed by atoms with Crippen LogP contribution in [0.2, 0.25) is 0 Å². The molecule has 0 spiro atoms. The predicted octanol–water partition coefficient (Wildman–Crippen LogP) is -1.93. The van der Waals surface area contributed by atoms with Gasteiger partial charge in [0.15, 0.2) is 11.9 Å². The summed E-state index contributed by atoms with van der Waals surface area (Å²) in [5.41, 5.74) is -2.62. The predicted molar refractivity (Wildman–Crippen MR) is 68.1 cm³/mol. The summed E-state index contributed by atoms with van der Waals surface area (Å²) in [6.07, 6.45) is -6.43. The van der Waals surface area contributed by atoms with E-state index in [9.17, 15) is 19.8 Å². The van der Waals surface area contributed by atoms with Gasteiger partial charge in [-0.15, -0.1) is 0 Å². The number of methoxy groups -OCH3 is 1. The summed E-state index contributed by atoms with van der Waals surface area (Å²) < 4.78 is 24.9. The Balaban J connectivity index is 2.26. The van der Waals surface area contributed by atoms with E-state index < -0.39 is 55.4 Å². The molecule has 0 aliphatic carbocycles. The molecule has 4 N–H and O–H groups in total. The largest absolute Gasteiger partial charge is 0.469 e. The minimum absolute atomic E-state index is 0.0324. The van der Waals surface area contributed by atoms with Crippen LogP contribution in [0.4, 0.5) is 9.18 Å². The number of hydrogen-bond donors (Lipinski definition) is 4. The normalized spacial score (nSPS) is 38.8. The summed E-state index contributed by atoms with van der Waals surface area (Å²) in [5.74, 6) is -0.925. The maximum atomic E-state index is 15.2. The van der Waals surface area contributed by atoms with Gasteiger partial charge in [-0.1, -0.05) is 0 Å². The summed E-state index contributed by atoms with van der Waals surface area (Å²) >= 11 is 0. The molecule has 2 saturated heterocycles. The maximum absolute atomic E-state index is 15.2. The molecule has 2 amide bonds. The van der Waals surface area contributed by atoms with Crippen LogP contribution in [0.3, 0.4) is 0 Å². The molecule has 0 aromatic rings. The van der Waals surface area contributed by atoms with Gasteiger partial charge in [0, 0.05) is 13.0 Å². The highest BCUT2D eigenvalue weighted by molar-refractivity contribution is 5.76. The van der Waals surface area contributed by atoms with Crippen molar-refractivity contribution >= 4 is 12.0 Å². The van der Waals surface area contributed by atoms with Gasteiger partial charge in [0.1, 0.15) is 18.4 Å². The van der Waals surface area contributed by atoms with Crippen LogP contribution >= 0.6 is 0 Å². The molecule has 2 aliphatic rings. The number of amides is 2. The van der Waals surface area contributed by atoms with E-state index in [0.717, 1.165) is 12.0 Å². The molecule has 10 heteroatoms. The van der Waals surface area contributed by atoms with Gasteiger partial charge < -0.3 is 30.1 Å². The van der Waals surface area contributed by atoms with Crippen LogP contribution in [0.15, 0.2) is 0 Å². The van der Waals surface area contributed by atoms with Gasteiger partial charge in [-0.2, -0.15) is 0 Å². The van der Waals surface area contributed by atoms with Crippen molar-refractivity contribution in [2.24, 2.45) is 0 Å². The van der Waals surface area contributed by atoms with Gasteiger partial charge in [-0.25, -0.2) is 9.18 Å². The van der Waals surface area contributed by atoms with Gasteiger partial charge in [-0.05, 0) is 0 Å². The van der Waals surface area contributed by atoms with Crippen LogP contribution in [0, 0.1) is 0 Å². The van der Waals surface area contributed by atoms with E-state index >= 15 is 4.39 Å². The van der Waals surface area contributed by atoms with Gasteiger partial charge in [0.25, 0.3) is 0 Å². The number of carbonyl (C=O) groups excluding carboxylic acids is 2. The van der Waals surface area contributed by atoms with E-state index in [-0.39, 0.29) is 13.0 Å². The summed E-state index contributed by atoms with van der Waals surface area (Å²) in [6.45, 7) is -0.710. The number of alkyl halides is 1. The van der Waals surface area contributed by atoms with E-state index in [2.05, 4.69) is 10.1 Å². The van der Waals surface area contributed by atoms with E-state index in [1.807, 2.05) is 0 Å². The Morgan fingerprint density at radius 2 is 2.27 bits per heavy atom. The molecule has 0 aromatic carbocycles. The molecule has 22 heavy (non-hydrogen) atoms. The van der Waals surface area contributed by atoms with Crippen molar-refractivity contribution in [2.75, 3.05) is 20.3 Å². The fraction of sp³-hybridized carbons (Fsp3) is 0.833. The molecule has 2 rings (SSSR count). The lowest BCUT2D eigenvalue weighted by Crippen LogP contribution is -2.61. The molecular weight excluding hydrogens is 303 g/mol. The summed E-state index contributed by atoms with van der Waals surface area (Å²) in [4.78, 5) is 24.2. The van der Waals surface area contributed by atoms with Gasteiger partial charge in [0.2, 0.25) is 0 Å². The molecule has 2 unspecified atom stereocenters. The molecular formula is C12H19FN2O7. The van der Waals surface area contributed by atoms with Crippen LogP contribution in [-0.4, -0.2) is 82.8 Å². The van der Waals surface area contributed by atoms with E-state index in [0.29, 0.717) is 0 Å². The molecule has 0 bridgehead atoms. The molecule has 2 heterocycles. The number of urea groups is 1. The quantitative estimate of drug-likeness (QED) is 0.444. The zero-order valence-electron chi connectivity index (χ0n) is 11.9. The number of hydrogen-bond acceptors (Lipinski definition) is 7. The van der Waals surface area contributed by atoms with Crippen molar-refractivity contribution in [3.8, 4) is 0 Å². The Hall–Kier alpha value is -1.49. The Kier molecular flexibility index (Phi) is 4.85. The number of nitrogens with zero attached hydrogens (tertiary/aromatic N) is 1. The summed E-state index contributed by atoms with van der Waals surface area (Å²) in [7, 11) is 1.07. The number of nitrogens with one attached hydrogen (secondary N) is 1. The monoisotopic (exact) mass is 322 g/mol. The third kappa shape index (κ3) is 2.86. The first kappa shape index (κ1) is 16.9. The smallest absolute Gasteiger partial charge is 0.321 e. The zero-order chi connectivity index (χ0) is 16.5. The van der Waals surface area contributed by atoms with Crippen molar-refractivity contribution in [1.29, 1.82) is 0 Å². The number of aliphatic hydroxyl groups is 3. The number of aliphatic hydroxyl groups excluding tert-OH is 3. The molecule has 5 atom stereocenters. The standard InChI is InChI=1S/C12H19FN2O7/c1-21-8(18)4-12(13)9(19)6(5-16)22-10(12)15-3-2-7(17)14-11(15)20/h6-7,9-10,16-17,19H,2-5H2,1H3,(H,14,20)/t6-,7?,9-,10?,12+/m1/s1. The number of halogens is 1. The van der Waals surface area contributed by atoms with Gasteiger partial charge in [-0.3, -0.25) is 9.69 Å². The van der Waals surface area contributed by atoms with Crippen molar-refractivity contribution in [3.05, 3.63) is 0 Å². The lowest BCUT2D eigenvalue weighted by molar-refractivity contribution is -0.152. The first-order valence-corrected chi connectivity index (χ1v) is 6.78. The fourth-order valence-electron chi connectivity index (χ4n) is 2.65. The first-order chi connectivity index (χ1) is 10.3. The van der Waals surface area contributed by atoms with Crippen LogP contribution in [0.1, 0.15) is 12.8 Å². The van der Waals surface area contributed by atoms with E-state index in [4.69, 9.17) is 9.84 Å². The Bertz CT molecular complexity index is 451. The zero-order valence-corrected chi connectivity index (χ0v) is 11.9. The van der Waals surface area contributed by atoms with Crippen LogP contribution in [-0.2, 0) is 14.3 Å². The van der Waals surface area contributed by atoms with Gasteiger partial charge >= 0.3 is 12.0 Å². The Labute approximate surface area is 125 Å². The van der Waals surface area contributed by atoms with Gasteiger partial charge in [0.05, 0.1) is 20.1 Å². The first-order valence-electron chi connectivity index (χ1n) is 6.78. The summed E-state index contributed by atoms with van der Waals surface area (Å²) in [6, 6.07) is -0.790. The third-order valence-electron chi connectivity index (χ3n) is 3.86.